The molecule has 1 aliphatic heterocycles. The van der Waals surface area contributed by atoms with Crippen molar-refractivity contribution in [2.75, 3.05) is 13.7 Å². The summed E-state index contributed by atoms with van der Waals surface area (Å²) in [6.45, 7) is 4.08. The van der Waals surface area contributed by atoms with Crippen molar-refractivity contribution in [2.45, 2.75) is 26.5 Å². The van der Waals surface area contributed by atoms with Gasteiger partial charge in [-0.25, -0.2) is 9.79 Å². The Labute approximate surface area is 278 Å². The van der Waals surface area contributed by atoms with Crippen molar-refractivity contribution in [3.63, 3.8) is 0 Å². The third-order valence-electron chi connectivity index (χ3n) is 6.60. The fraction of sp³-hybridized carbons (Fsp3) is 0.194. The van der Waals surface area contributed by atoms with E-state index < -0.39 is 12.0 Å². The van der Waals surface area contributed by atoms with Gasteiger partial charge in [-0.1, -0.05) is 53.3 Å². The first-order valence-corrected chi connectivity index (χ1v) is 16.3. The third kappa shape index (κ3) is 6.31. The lowest BCUT2D eigenvalue weighted by Gasteiger charge is -2.24. The average molecular weight is 827 g/mol. The lowest BCUT2D eigenvalue weighted by atomic mass is 9.96. The van der Waals surface area contributed by atoms with E-state index in [0.29, 0.717) is 38.0 Å². The number of esters is 1. The minimum atomic E-state index is -0.686. The molecule has 1 atom stereocenters. The molecule has 0 spiro atoms. The van der Waals surface area contributed by atoms with E-state index in [-0.39, 0.29) is 12.2 Å². The Morgan fingerprint density at radius 2 is 1.81 bits per heavy atom. The highest BCUT2D eigenvalue weighted by molar-refractivity contribution is 14.1. The zero-order chi connectivity index (χ0) is 30.0. The molecule has 0 aliphatic carbocycles. The van der Waals surface area contributed by atoms with Crippen LogP contribution in [0.5, 0.6) is 11.5 Å². The van der Waals surface area contributed by atoms with E-state index in [2.05, 4.69) is 50.2 Å². The summed E-state index contributed by atoms with van der Waals surface area (Å²) in [5.41, 5.74) is 3.13. The molecule has 7 nitrogen and oxygen atoms in total. The molecule has 0 radical (unpaired) electrons. The van der Waals surface area contributed by atoms with Crippen molar-refractivity contribution in [1.29, 1.82) is 0 Å². The number of ether oxygens (including phenoxy) is 3. The van der Waals surface area contributed by atoms with Crippen molar-refractivity contribution in [2.24, 2.45) is 4.99 Å². The van der Waals surface area contributed by atoms with Gasteiger partial charge in [-0.3, -0.25) is 9.36 Å². The van der Waals surface area contributed by atoms with E-state index in [1.54, 1.807) is 25.5 Å². The van der Waals surface area contributed by atoms with Gasteiger partial charge in [0.05, 0.1) is 42.7 Å². The minimum Gasteiger partial charge on any atom is -0.497 e. The van der Waals surface area contributed by atoms with Gasteiger partial charge in [0, 0.05) is 10.6 Å². The van der Waals surface area contributed by atoms with Gasteiger partial charge in [0.15, 0.2) is 4.80 Å². The number of nitrogens with zero attached hydrogens (tertiary/aromatic N) is 2. The highest BCUT2D eigenvalue weighted by atomic mass is 127. The molecule has 11 heteroatoms. The molecule has 2 heterocycles. The fourth-order valence-electron chi connectivity index (χ4n) is 4.61. The second-order valence-electron chi connectivity index (χ2n) is 9.27. The predicted molar refractivity (Wildman–Crippen MR) is 181 cm³/mol. The SMILES string of the molecule is CCOC(=O)C1=C(C)N=c2s/c(=C/c3cc(I)c(OCc4ccccc4Cl)c(I)c3)c(=O)n2[C@H]1c1ccc(OC)cc1. The lowest BCUT2D eigenvalue weighted by Crippen LogP contribution is -2.39. The summed E-state index contributed by atoms with van der Waals surface area (Å²) < 4.78 is 20.7. The number of benzene rings is 3. The summed E-state index contributed by atoms with van der Waals surface area (Å²) in [6.07, 6.45) is 1.85. The molecule has 4 aromatic rings. The van der Waals surface area contributed by atoms with Gasteiger partial charge >= 0.3 is 5.97 Å². The number of aromatic nitrogens is 1. The van der Waals surface area contributed by atoms with Crippen molar-refractivity contribution in [1.82, 2.24) is 4.57 Å². The monoisotopic (exact) mass is 826 g/mol. The lowest BCUT2D eigenvalue weighted by molar-refractivity contribution is -0.139. The minimum absolute atomic E-state index is 0.213. The van der Waals surface area contributed by atoms with Crippen LogP contribution < -0.4 is 24.4 Å². The third-order valence-corrected chi connectivity index (χ3v) is 9.55. The van der Waals surface area contributed by atoms with Crippen molar-refractivity contribution in [3.8, 4) is 11.5 Å². The number of fused-ring (bicyclic) bond motifs is 1. The number of allylic oxidation sites excluding steroid dienone is 1. The molecule has 0 unspecified atom stereocenters. The number of hydrogen-bond donors (Lipinski definition) is 0. The van der Waals surface area contributed by atoms with E-state index in [1.807, 2.05) is 66.7 Å². The van der Waals surface area contributed by atoms with Crippen LogP contribution in [0.2, 0.25) is 5.02 Å². The molecular weight excluding hydrogens is 802 g/mol. The van der Waals surface area contributed by atoms with Crippen molar-refractivity contribution in [3.05, 3.63) is 120 Å². The van der Waals surface area contributed by atoms with Crippen LogP contribution in [0.15, 0.2) is 81.7 Å². The Balaban J connectivity index is 1.56. The number of methoxy groups -OCH3 is 1. The Hall–Kier alpha value is -2.68. The fourth-order valence-corrected chi connectivity index (χ4v) is 7.98. The molecule has 1 aliphatic rings. The summed E-state index contributed by atoms with van der Waals surface area (Å²) in [6, 6.07) is 18.2. The highest BCUT2D eigenvalue weighted by Gasteiger charge is 2.33. The normalized spacial score (nSPS) is 14.8. The van der Waals surface area contributed by atoms with Crippen LogP contribution in [0.4, 0.5) is 0 Å². The van der Waals surface area contributed by atoms with Gasteiger partial charge in [-0.2, -0.15) is 0 Å². The molecule has 5 rings (SSSR count). The van der Waals surface area contributed by atoms with Gasteiger partial charge in [-0.05, 0) is 107 Å². The molecule has 0 bridgehead atoms. The summed E-state index contributed by atoms with van der Waals surface area (Å²) in [7, 11) is 1.59. The first-order chi connectivity index (χ1) is 20.2. The van der Waals surface area contributed by atoms with E-state index in [9.17, 15) is 9.59 Å². The summed E-state index contributed by atoms with van der Waals surface area (Å²) >= 11 is 12.1. The van der Waals surface area contributed by atoms with Crippen LogP contribution in [0.3, 0.4) is 0 Å². The Morgan fingerprint density at radius 1 is 1.12 bits per heavy atom. The Kier molecular flexibility index (Phi) is 9.75. The quantitative estimate of drug-likeness (QED) is 0.155. The second kappa shape index (κ2) is 13.3. The maximum atomic E-state index is 13.9. The van der Waals surface area contributed by atoms with E-state index in [1.165, 1.54) is 11.3 Å². The number of carbonyl (C=O) groups is 1. The summed E-state index contributed by atoms with van der Waals surface area (Å²) in [4.78, 5) is 32.2. The zero-order valence-corrected chi connectivity index (χ0v) is 28.7. The first-order valence-electron chi connectivity index (χ1n) is 12.9. The van der Waals surface area contributed by atoms with Crippen LogP contribution in [0, 0.1) is 7.14 Å². The maximum Gasteiger partial charge on any atom is 0.338 e. The van der Waals surface area contributed by atoms with Crippen LogP contribution in [-0.4, -0.2) is 24.3 Å². The van der Waals surface area contributed by atoms with Crippen molar-refractivity contribution >= 4 is 80.2 Å². The Morgan fingerprint density at radius 3 is 2.45 bits per heavy atom. The van der Waals surface area contributed by atoms with Gasteiger partial charge in [0.1, 0.15) is 18.1 Å². The average Bonchev–Trinajstić information content (AvgIpc) is 3.26. The van der Waals surface area contributed by atoms with Gasteiger partial charge < -0.3 is 14.2 Å². The van der Waals surface area contributed by atoms with E-state index in [4.69, 9.17) is 25.8 Å². The van der Waals surface area contributed by atoms with Crippen LogP contribution >= 0.6 is 68.1 Å². The number of rotatable bonds is 8. The number of halogens is 3. The molecule has 0 amide bonds. The molecule has 216 valence electrons. The molecule has 0 saturated heterocycles. The van der Waals surface area contributed by atoms with Crippen LogP contribution in [-0.2, 0) is 16.1 Å². The smallest absolute Gasteiger partial charge is 0.338 e. The van der Waals surface area contributed by atoms with Crippen LogP contribution in [0.25, 0.3) is 6.08 Å². The molecule has 1 aromatic heterocycles. The van der Waals surface area contributed by atoms with Gasteiger partial charge in [-0.15, -0.1) is 0 Å². The van der Waals surface area contributed by atoms with Gasteiger partial charge in [0.25, 0.3) is 5.56 Å². The first kappa shape index (κ1) is 30.8. The summed E-state index contributed by atoms with van der Waals surface area (Å²) in [5, 5.41) is 0.656. The predicted octanol–water partition coefficient (Wildman–Crippen LogP) is 6.25. The van der Waals surface area contributed by atoms with Crippen LogP contribution in [0.1, 0.15) is 36.6 Å². The van der Waals surface area contributed by atoms with Gasteiger partial charge in [0.2, 0.25) is 0 Å². The number of carbonyl (C=O) groups excluding carboxylic acids is 1. The molecule has 3 aromatic carbocycles. The molecule has 0 N–H and O–H groups in total. The van der Waals surface area contributed by atoms with Crippen molar-refractivity contribution < 1.29 is 19.0 Å². The highest BCUT2D eigenvalue weighted by Crippen LogP contribution is 2.33. The second-order valence-corrected chi connectivity index (χ2v) is 13.0. The summed E-state index contributed by atoms with van der Waals surface area (Å²) in [5.74, 6) is 0.933. The molecule has 42 heavy (non-hydrogen) atoms. The standard InChI is InChI=1S/C31H25ClI2N2O5S/c1-4-40-30(38)26-17(2)35-31-36(27(26)19-9-11-21(39-3)12-10-19)29(37)25(42-31)15-18-13-23(33)28(24(34)14-18)41-16-20-7-5-6-8-22(20)32/h5-15,27H,4,16H2,1-3H3/b25-15+/t27-/m0/s1. The number of thiazole rings is 1. The molecule has 0 fully saturated rings. The molecular formula is C31H25ClI2N2O5S. The molecule has 0 saturated carbocycles. The zero-order valence-electron chi connectivity index (χ0n) is 22.8. The largest absolute Gasteiger partial charge is 0.497 e. The topological polar surface area (TPSA) is 79.1 Å². The van der Waals surface area contributed by atoms with E-state index >= 15 is 0 Å². The Bertz CT molecular complexity index is 1860. The van der Waals surface area contributed by atoms with E-state index in [0.717, 1.165) is 29.6 Å². The maximum absolute atomic E-state index is 13.9. The number of hydrogen-bond acceptors (Lipinski definition) is 7.